The molecule has 0 saturated carbocycles. The van der Waals surface area contributed by atoms with Gasteiger partial charge in [0.1, 0.15) is 11.6 Å². The van der Waals surface area contributed by atoms with E-state index in [1.165, 1.54) is 13.0 Å². The molecule has 0 heterocycles. The monoisotopic (exact) mass is 339 g/mol. The number of ether oxygens (including phenoxy) is 1. The first kappa shape index (κ1) is 16.9. The molecule has 1 amide bonds. The van der Waals surface area contributed by atoms with E-state index in [-0.39, 0.29) is 0 Å². The zero-order chi connectivity index (χ0) is 17.0. The summed E-state index contributed by atoms with van der Waals surface area (Å²) in [6, 6.07) is 8.85. The van der Waals surface area contributed by atoms with E-state index in [0.29, 0.717) is 16.8 Å². The van der Waals surface area contributed by atoms with Gasteiger partial charge in [-0.25, -0.2) is 13.6 Å². The summed E-state index contributed by atoms with van der Waals surface area (Å²) in [5.41, 5.74) is -0.0211. The Hall–Kier alpha value is -2.47. The van der Waals surface area contributed by atoms with E-state index in [0.717, 1.165) is 12.1 Å². The van der Waals surface area contributed by atoms with Crippen LogP contribution in [0.1, 0.15) is 17.3 Å². The molecule has 0 aliphatic carbocycles. The van der Waals surface area contributed by atoms with Gasteiger partial charge in [-0.05, 0) is 37.3 Å². The van der Waals surface area contributed by atoms with Gasteiger partial charge < -0.3 is 10.1 Å². The molecular weight excluding hydrogens is 328 g/mol. The number of benzene rings is 2. The largest absolute Gasteiger partial charge is 0.449 e. The van der Waals surface area contributed by atoms with E-state index < -0.39 is 35.2 Å². The Morgan fingerprint density at radius 1 is 1.17 bits per heavy atom. The van der Waals surface area contributed by atoms with Crippen molar-refractivity contribution in [1.82, 2.24) is 0 Å². The quantitative estimate of drug-likeness (QED) is 0.862. The first-order valence-electron chi connectivity index (χ1n) is 6.59. The predicted octanol–water partition coefficient (Wildman–Crippen LogP) is 3.80. The summed E-state index contributed by atoms with van der Waals surface area (Å²) in [4.78, 5) is 23.8. The third-order valence-electron chi connectivity index (χ3n) is 2.90. The van der Waals surface area contributed by atoms with Crippen LogP contribution in [0.5, 0.6) is 0 Å². The van der Waals surface area contributed by atoms with Crippen LogP contribution in [-0.4, -0.2) is 18.0 Å². The van der Waals surface area contributed by atoms with Crippen molar-refractivity contribution in [3.63, 3.8) is 0 Å². The molecule has 7 heteroatoms. The molecule has 1 N–H and O–H groups in total. The maximum atomic E-state index is 13.5. The van der Waals surface area contributed by atoms with Crippen LogP contribution < -0.4 is 5.32 Å². The fourth-order valence-electron chi connectivity index (χ4n) is 1.74. The minimum Gasteiger partial charge on any atom is -0.449 e. The number of nitrogens with one attached hydrogen (secondary N) is 1. The molecule has 2 aromatic rings. The third kappa shape index (κ3) is 4.50. The highest BCUT2D eigenvalue weighted by molar-refractivity contribution is 6.30. The lowest BCUT2D eigenvalue weighted by Crippen LogP contribution is -2.30. The lowest BCUT2D eigenvalue weighted by Gasteiger charge is -2.14. The summed E-state index contributed by atoms with van der Waals surface area (Å²) in [5, 5.41) is 2.94. The van der Waals surface area contributed by atoms with E-state index in [2.05, 4.69) is 5.32 Å². The first-order chi connectivity index (χ1) is 10.9. The van der Waals surface area contributed by atoms with Gasteiger partial charge in [-0.2, -0.15) is 0 Å². The Morgan fingerprint density at radius 2 is 1.91 bits per heavy atom. The highest BCUT2D eigenvalue weighted by Gasteiger charge is 2.21. The molecule has 0 aliphatic rings. The van der Waals surface area contributed by atoms with Crippen molar-refractivity contribution in [2.24, 2.45) is 0 Å². The molecule has 2 rings (SSSR count). The zero-order valence-corrected chi connectivity index (χ0v) is 12.7. The molecule has 0 fully saturated rings. The molecule has 0 saturated heterocycles. The number of amides is 1. The molecule has 23 heavy (non-hydrogen) atoms. The van der Waals surface area contributed by atoms with Gasteiger partial charge in [0, 0.05) is 16.8 Å². The summed E-state index contributed by atoms with van der Waals surface area (Å²) in [6.45, 7) is 1.33. The lowest BCUT2D eigenvalue weighted by atomic mass is 10.2. The number of carbonyl (C=O) groups is 2. The first-order valence-corrected chi connectivity index (χ1v) is 6.97. The Labute approximate surface area is 136 Å². The van der Waals surface area contributed by atoms with Crippen LogP contribution in [-0.2, 0) is 9.53 Å². The average molecular weight is 340 g/mol. The maximum Gasteiger partial charge on any atom is 0.341 e. The molecular formula is C16H12ClF2NO3. The van der Waals surface area contributed by atoms with E-state index in [4.69, 9.17) is 16.3 Å². The fraction of sp³-hybridized carbons (Fsp3) is 0.125. The molecule has 0 bridgehead atoms. The van der Waals surface area contributed by atoms with Crippen LogP contribution in [0.3, 0.4) is 0 Å². The molecule has 0 aliphatic heterocycles. The third-order valence-corrected chi connectivity index (χ3v) is 3.13. The van der Waals surface area contributed by atoms with E-state index in [9.17, 15) is 18.4 Å². The maximum absolute atomic E-state index is 13.5. The zero-order valence-electron chi connectivity index (χ0n) is 12.0. The number of carbonyl (C=O) groups excluding carboxylic acids is 2. The smallest absolute Gasteiger partial charge is 0.341 e. The average Bonchev–Trinajstić information content (AvgIpc) is 2.46. The van der Waals surface area contributed by atoms with Gasteiger partial charge in [-0.3, -0.25) is 4.79 Å². The SMILES string of the molecule is C[C@H](OC(=O)c1ccc(F)cc1F)C(=O)Nc1cccc(Cl)c1. The van der Waals surface area contributed by atoms with Crippen molar-refractivity contribution in [2.75, 3.05) is 5.32 Å². The summed E-state index contributed by atoms with van der Waals surface area (Å²) >= 11 is 5.79. The van der Waals surface area contributed by atoms with Crippen LogP contribution in [0.4, 0.5) is 14.5 Å². The van der Waals surface area contributed by atoms with Gasteiger partial charge in [-0.1, -0.05) is 17.7 Å². The highest BCUT2D eigenvalue weighted by Crippen LogP contribution is 2.16. The Balaban J connectivity index is 2.01. The van der Waals surface area contributed by atoms with Crippen LogP contribution >= 0.6 is 11.6 Å². The fourth-order valence-corrected chi connectivity index (χ4v) is 1.93. The number of esters is 1. The molecule has 0 spiro atoms. The molecule has 0 radical (unpaired) electrons. The normalized spacial score (nSPS) is 11.7. The molecule has 0 unspecified atom stereocenters. The van der Waals surface area contributed by atoms with Crippen molar-refractivity contribution in [1.29, 1.82) is 0 Å². The van der Waals surface area contributed by atoms with Gasteiger partial charge in [0.2, 0.25) is 0 Å². The van der Waals surface area contributed by atoms with Crippen LogP contribution in [0.25, 0.3) is 0 Å². The predicted molar refractivity (Wildman–Crippen MR) is 81.3 cm³/mol. The topological polar surface area (TPSA) is 55.4 Å². The van der Waals surface area contributed by atoms with E-state index >= 15 is 0 Å². The van der Waals surface area contributed by atoms with E-state index in [1.807, 2.05) is 0 Å². The number of rotatable bonds is 4. The Bertz CT molecular complexity index is 752. The number of hydrogen-bond donors (Lipinski definition) is 1. The van der Waals surface area contributed by atoms with Crippen LogP contribution in [0.15, 0.2) is 42.5 Å². The molecule has 2 aromatic carbocycles. The summed E-state index contributed by atoms with van der Waals surface area (Å²) < 4.78 is 31.2. The summed E-state index contributed by atoms with van der Waals surface area (Å²) in [6.07, 6.45) is -1.18. The number of hydrogen-bond acceptors (Lipinski definition) is 3. The van der Waals surface area contributed by atoms with Crippen molar-refractivity contribution in [3.8, 4) is 0 Å². The Kier molecular flexibility index (Phi) is 5.28. The molecule has 4 nitrogen and oxygen atoms in total. The summed E-state index contributed by atoms with van der Waals surface area (Å²) in [7, 11) is 0. The second-order valence-electron chi connectivity index (χ2n) is 4.67. The van der Waals surface area contributed by atoms with Gasteiger partial charge in [-0.15, -0.1) is 0 Å². The lowest BCUT2D eigenvalue weighted by molar-refractivity contribution is -0.123. The van der Waals surface area contributed by atoms with Crippen LogP contribution in [0.2, 0.25) is 5.02 Å². The van der Waals surface area contributed by atoms with Gasteiger partial charge >= 0.3 is 5.97 Å². The molecule has 120 valence electrons. The van der Waals surface area contributed by atoms with Gasteiger partial charge in [0.05, 0.1) is 5.56 Å². The second kappa shape index (κ2) is 7.19. The second-order valence-corrected chi connectivity index (χ2v) is 5.11. The molecule has 0 aromatic heterocycles. The van der Waals surface area contributed by atoms with Crippen molar-refractivity contribution >= 4 is 29.2 Å². The van der Waals surface area contributed by atoms with Gasteiger partial charge in [0.25, 0.3) is 5.91 Å². The van der Waals surface area contributed by atoms with E-state index in [1.54, 1.807) is 18.2 Å². The summed E-state index contributed by atoms with van der Waals surface area (Å²) in [5.74, 6) is -3.54. The van der Waals surface area contributed by atoms with Crippen molar-refractivity contribution in [3.05, 3.63) is 64.7 Å². The van der Waals surface area contributed by atoms with Crippen molar-refractivity contribution < 1.29 is 23.1 Å². The standard InChI is InChI=1S/C16H12ClF2NO3/c1-9(15(21)20-12-4-2-3-10(17)7-12)23-16(22)13-6-5-11(18)8-14(13)19/h2-9H,1H3,(H,20,21)/t9-/m0/s1. The minimum atomic E-state index is -1.18. The minimum absolute atomic E-state index is 0.429. The number of anilines is 1. The number of halogens is 3. The van der Waals surface area contributed by atoms with Crippen molar-refractivity contribution in [2.45, 2.75) is 13.0 Å². The molecule has 1 atom stereocenters. The van der Waals surface area contributed by atoms with Crippen LogP contribution in [0, 0.1) is 11.6 Å². The Morgan fingerprint density at radius 3 is 2.57 bits per heavy atom. The van der Waals surface area contributed by atoms with Gasteiger partial charge in [0.15, 0.2) is 6.10 Å². The highest BCUT2D eigenvalue weighted by atomic mass is 35.5.